The van der Waals surface area contributed by atoms with Crippen LogP contribution in [0.4, 0.5) is 13.2 Å². The Morgan fingerprint density at radius 2 is 1.92 bits per heavy atom. The molecule has 0 aliphatic rings. The van der Waals surface area contributed by atoms with Crippen molar-refractivity contribution in [2.45, 2.75) is 25.4 Å². The summed E-state index contributed by atoms with van der Waals surface area (Å²) < 4.78 is 40.1. The monoisotopic (exact) mass is 367 g/mol. The number of unbranched alkanes of at least 4 members (excludes halogenated alkanes) is 1. The third-order valence-corrected chi connectivity index (χ3v) is 4.43. The van der Waals surface area contributed by atoms with Gasteiger partial charge in [0, 0.05) is 11.6 Å². The van der Waals surface area contributed by atoms with Crippen LogP contribution in [0.3, 0.4) is 0 Å². The summed E-state index contributed by atoms with van der Waals surface area (Å²) >= 11 is 6.22. The van der Waals surface area contributed by atoms with Crippen LogP contribution in [0.1, 0.15) is 24.0 Å². The molecule has 3 aromatic rings. The van der Waals surface area contributed by atoms with Gasteiger partial charge in [-0.25, -0.2) is 0 Å². The van der Waals surface area contributed by atoms with Gasteiger partial charge in [0.1, 0.15) is 5.69 Å². The van der Waals surface area contributed by atoms with Gasteiger partial charge in [-0.2, -0.15) is 13.2 Å². The van der Waals surface area contributed by atoms with E-state index in [1.54, 1.807) is 24.4 Å². The number of fused-ring (bicyclic) bond motifs is 1. The number of aromatic amines is 1. The lowest BCUT2D eigenvalue weighted by atomic mass is 10.0. The summed E-state index contributed by atoms with van der Waals surface area (Å²) in [6.07, 6.45) is -0.704. The molecule has 132 valence electrons. The van der Waals surface area contributed by atoms with E-state index in [4.69, 9.17) is 17.3 Å². The molecule has 0 spiro atoms. The van der Waals surface area contributed by atoms with Gasteiger partial charge in [-0.3, -0.25) is 4.98 Å². The second-order valence-electron chi connectivity index (χ2n) is 5.78. The van der Waals surface area contributed by atoms with Crippen LogP contribution in [-0.4, -0.2) is 16.5 Å². The number of aromatic nitrogens is 2. The number of rotatable bonds is 5. The summed E-state index contributed by atoms with van der Waals surface area (Å²) in [6.45, 7) is 0.538. The van der Waals surface area contributed by atoms with Crippen molar-refractivity contribution in [3.63, 3.8) is 0 Å². The lowest BCUT2D eigenvalue weighted by molar-refractivity contribution is -0.136. The van der Waals surface area contributed by atoms with E-state index < -0.39 is 11.7 Å². The predicted molar refractivity (Wildman–Crippen MR) is 93.5 cm³/mol. The van der Waals surface area contributed by atoms with Gasteiger partial charge in [-0.1, -0.05) is 23.7 Å². The van der Waals surface area contributed by atoms with E-state index in [0.717, 1.165) is 24.5 Å². The Balaban J connectivity index is 2.24. The summed E-state index contributed by atoms with van der Waals surface area (Å²) in [5.41, 5.74) is 6.70. The van der Waals surface area contributed by atoms with Gasteiger partial charge in [-0.05, 0) is 49.6 Å². The third kappa shape index (κ3) is 3.50. The molecule has 0 atom stereocenters. The van der Waals surface area contributed by atoms with Crippen molar-refractivity contribution in [1.82, 2.24) is 9.97 Å². The quantitative estimate of drug-likeness (QED) is 0.610. The highest BCUT2D eigenvalue weighted by Gasteiger charge is 2.34. The summed E-state index contributed by atoms with van der Waals surface area (Å²) in [7, 11) is 0. The molecule has 0 saturated carbocycles. The zero-order valence-corrected chi connectivity index (χ0v) is 14.1. The maximum absolute atomic E-state index is 13.4. The first-order valence-corrected chi connectivity index (χ1v) is 8.33. The van der Waals surface area contributed by atoms with Gasteiger partial charge in [0.15, 0.2) is 0 Å². The van der Waals surface area contributed by atoms with Gasteiger partial charge in [0.25, 0.3) is 0 Å². The lowest BCUT2D eigenvalue weighted by Gasteiger charge is -2.07. The van der Waals surface area contributed by atoms with Gasteiger partial charge in [0.2, 0.25) is 0 Å². The van der Waals surface area contributed by atoms with Crippen molar-refractivity contribution >= 4 is 22.5 Å². The highest BCUT2D eigenvalue weighted by molar-refractivity contribution is 6.33. The number of pyridine rings is 1. The van der Waals surface area contributed by atoms with Gasteiger partial charge < -0.3 is 10.7 Å². The van der Waals surface area contributed by atoms with Gasteiger partial charge in [-0.15, -0.1) is 0 Å². The number of nitrogens with one attached hydrogen (secondary N) is 1. The molecule has 7 heteroatoms. The standard InChI is InChI=1S/C18H17ClF3N3/c19-14-8-4-10-24-17(14)16-12(5-1-2-9-23)11-6-3-7-13(15(11)25-16)18(20,21)22/h3-4,6-8,10,25H,1-2,5,9,23H2. The molecule has 0 fully saturated rings. The van der Waals surface area contributed by atoms with E-state index >= 15 is 0 Å². The minimum Gasteiger partial charge on any atom is -0.352 e. The first kappa shape index (κ1) is 17.8. The molecule has 3 nitrogen and oxygen atoms in total. The number of alkyl halides is 3. The van der Waals surface area contributed by atoms with Crippen molar-refractivity contribution in [1.29, 1.82) is 0 Å². The molecular weight excluding hydrogens is 351 g/mol. The van der Waals surface area contributed by atoms with Crippen LogP contribution in [0.5, 0.6) is 0 Å². The number of nitrogens with zero attached hydrogens (tertiary/aromatic N) is 1. The smallest absolute Gasteiger partial charge is 0.352 e. The predicted octanol–water partition coefficient (Wildman–Crippen LogP) is 5.18. The second kappa shape index (κ2) is 7.06. The number of halogens is 4. The van der Waals surface area contributed by atoms with Gasteiger partial charge in [0.05, 0.1) is 21.8 Å². The Labute approximate surface area is 148 Å². The molecule has 0 amide bonds. The van der Waals surface area contributed by atoms with Crippen molar-refractivity contribution < 1.29 is 13.2 Å². The van der Waals surface area contributed by atoms with E-state index in [1.165, 1.54) is 6.07 Å². The van der Waals surface area contributed by atoms with Crippen LogP contribution < -0.4 is 5.73 Å². The maximum atomic E-state index is 13.4. The maximum Gasteiger partial charge on any atom is 0.418 e. The average Bonchev–Trinajstić information content (AvgIpc) is 2.93. The fraction of sp³-hybridized carbons (Fsp3) is 0.278. The van der Waals surface area contributed by atoms with E-state index in [2.05, 4.69) is 9.97 Å². The first-order valence-electron chi connectivity index (χ1n) is 7.95. The summed E-state index contributed by atoms with van der Waals surface area (Å²) in [6, 6.07) is 7.55. The number of benzene rings is 1. The lowest BCUT2D eigenvalue weighted by Crippen LogP contribution is -2.05. The van der Waals surface area contributed by atoms with Crippen molar-refractivity contribution in [3.05, 3.63) is 52.7 Å². The van der Waals surface area contributed by atoms with Crippen LogP contribution in [0.25, 0.3) is 22.3 Å². The SMILES string of the molecule is NCCCCc1c(-c2ncccc2Cl)[nH]c2c(C(F)(F)F)cccc12. The molecule has 3 rings (SSSR count). The van der Waals surface area contributed by atoms with Crippen LogP contribution in [0.2, 0.25) is 5.02 Å². The van der Waals surface area contributed by atoms with Gasteiger partial charge >= 0.3 is 6.18 Å². The third-order valence-electron chi connectivity index (χ3n) is 4.12. The topological polar surface area (TPSA) is 54.7 Å². The Morgan fingerprint density at radius 1 is 1.12 bits per heavy atom. The molecule has 0 aliphatic heterocycles. The highest BCUT2D eigenvalue weighted by Crippen LogP contribution is 2.39. The number of hydrogen-bond acceptors (Lipinski definition) is 2. The van der Waals surface area contributed by atoms with Crippen LogP contribution in [0, 0.1) is 0 Å². The van der Waals surface area contributed by atoms with Crippen LogP contribution in [-0.2, 0) is 12.6 Å². The van der Waals surface area contributed by atoms with Crippen molar-refractivity contribution in [2.24, 2.45) is 5.73 Å². The largest absolute Gasteiger partial charge is 0.418 e. The number of nitrogens with two attached hydrogens (primary N) is 1. The number of aryl methyl sites for hydroxylation is 1. The Bertz CT molecular complexity index is 887. The number of para-hydroxylation sites is 1. The van der Waals surface area contributed by atoms with Crippen molar-refractivity contribution in [3.8, 4) is 11.4 Å². The zero-order chi connectivity index (χ0) is 18.0. The molecule has 2 aromatic heterocycles. The zero-order valence-electron chi connectivity index (χ0n) is 13.3. The summed E-state index contributed by atoms with van der Waals surface area (Å²) in [4.78, 5) is 7.18. The Morgan fingerprint density at radius 3 is 2.60 bits per heavy atom. The second-order valence-corrected chi connectivity index (χ2v) is 6.19. The normalized spacial score (nSPS) is 12.0. The fourth-order valence-electron chi connectivity index (χ4n) is 2.99. The molecular formula is C18H17ClF3N3. The number of hydrogen-bond donors (Lipinski definition) is 2. The molecule has 0 radical (unpaired) electrons. The summed E-state index contributed by atoms with van der Waals surface area (Å²) in [5, 5.41) is 0.936. The molecule has 1 aromatic carbocycles. The van der Waals surface area contributed by atoms with E-state index in [1.807, 2.05) is 0 Å². The minimum atomic E-state index is -4.44. The van der Waals surface area contributed by atoms with E-state index in [-0.39, 0.29) is 5.52 Å². The van der Waals surface area contributed by atoms with E-state index in [9.17, 15) is 13.2 Å². The molecule has 0 bridgehead atoms. The molecule has 0 saturated heterocycles. The molecule has 25 heavy (non-hydrogen) atoms. The van der Waals surface area contributed by atoms with E-state index in [0.29, 0.717) is 34.8 Å². The Hall–Kier alpha value is -2.05. The molecule has 0 aliphatic carbocycles. The number of H-pyrrole nitrogens is 1. The first-order chi connectivity index (χ1) is 11.9. The van der Waals surface area contributed by atoms with Crippen molar-refractivity contribution in [2.75, 3.05) is 6.54 Å². The highest BCUT2D eigenvalue weighted by atomic mass is 35.5. The molecule has 2 heterocycles. The average molecular weight is 368 g/mol. The fourth-order valence-corrected chi connectivity index (χ4v) is 3.20. The minimum absolute atomic E-state index is 0.0643. The Kier molecular flexibility index (Phi) is 5.01. The summed E-state index contributed by atoms with van der Waals surface area (Å²) in [5.74, 6) is 0. The molecule has 3 N–H and O–H groups in total. The van der Waals surface area contributed by atoms with Crippen LogP contribution in [0.15, 0.2) is 36.5 Å². The van der Waals surface area contributed by atoms with Crippen LogP contribution >= 0.6 is 11.6 Å². The molecule has 0 unspecified atom stereocenters.